The molecule has 3 amide bonds. The van der Waals surface area contributed by atoms with Gasteiger partial charge in [-0.15, -0.1) is 0 Å². The van der Waals surface area contributed by atoms with Gasteiger partial charge in [-0.1, -0.05) is 60.7 Å². The molecule has 0 aliphatic carbocycles. The molecule has 12 heteroatoms. The number of carbonyl (C=O) groups is 4. The number of esters is 1. The Kier molecular flexibility index (Phi) is 11.7. The number of benzene rings is 2. The number of hydrogen-bond donors (Lipinski definition) is 2. The number of hydrogen-bond acceptors (Lipinski definition) is 9. The van der Waals surface area contributed by atoms with E-state index in [-0.39, 0.29) is 44.1 Å². The van der Waals surface area contributed by atoms with Crippen LogP contribution in [0.25, 0.3) is 11.4 Å². The highest BCUT2D eigenvalue weighted by atomic mass is 16.6. The summed E-state index contributed by atoms with van der Waals surface area (Å²) in [6.45, 7) is 8.87. The van der Waals surface area contributed by atoms with Gasteiger partial charge in [-0.05, 0) is 39.7 Å². The Balaban J connectivity index is 1.55. The van der Waals surface area contributed by atoms with Crippen LogP contribution in [-0.4, -0.2) is 88.1 Å². The lowest BCUT2D eigenvalue weighted by Gasteiger charge is -2.36. The van der Waals surface area contributed by atoms with Gasteiger partial charge in [0.2, 0.25) is 5.91 Å². The van der Waals surface area contributed by atoms with Crippen molar-refractivity contribution >= 4 is 29.7 Å². The molecule has 2 N–H and O–H groups in total. The molecule has 0 saturated carbocycles. The standard InChI is InChI=1S/C34H42N6O6/c1-5-45-33(44)40-20-18-39(19-21-40)32(43)26(16-17-29(41)46-34(2,3)4)37-31(42)27-22-28(35-23-24-12-8-6-9-13-24)38-30(36-27)25-14-10-7-11-15-25/h6-15,22,26H,5,16-21,23H2,1-4H3,(H,37,42)(H,35,36,38)/t26-/m0/s1. The Bertz CT molecular complexity index is 1490. The van der Waals surface area contributed by atoms with Crippen LogP contribution in [0.3, 0.4) is 0 Å². The number of nitrogens with one attached hydrogen (secondary N) is 2. The van der Waals surface area contributed by atoms with Gasteiger partial charge >= 0.3 is 12.1 Å². The van der Waals surface area contributed by atoms with Crippen LogP contribution in [0.1, 0.15) is 56.6 Å². The molecular weight excluding hydrogens is 588 g/mol. The molecule has 244 valence electrons. The monoisotopic (exact) mass is 630 g/mol. The van der Waals surface area contributed by atoms with Crippen molar-refractivity contribution in [3.05, 3.63) is 78.0 Å². The van der Waals surface area contributed by atoms with E-state index >= 15 is 0 Å². The lowest BCUT2D eigenvalue weighted by Crippen LogP contribution is -2.56. The van der Waals surface area contributed by atoms with Crippen LogP contribution < -0.4 is 10.6 Å². The normalized spacial score (nSPS) is 13.8. The van der Waals surface area contributed by atoms with E-state index in [1.807, 2.05) is 60.7 Å². The Morgan fingerprint density at radius 1 is 0.891 bits per heavy atom. The Hall–Kier alpha value is -5.00. The molecule has 46 heavy (non-hydrogen) atoms. The van der Waals surface area contributed by atoms with E-state index in [9.17, 15) is 19.2 Å². The first kappa shape index (κ1) is 33.9. The van der Waals surface area contributed by atoms with Crippen LogP contribution >= 0.6 is 0 Å². The summed E-state index contributed by atoms with van der Waals surface area (Å²) in [4.78, 5) is 64.6. The number of amides is 3. The molecule has 2 aromatic carbocycles. The summed E-state index contributed by atoms with van der Waals surface area (Å²) in [6, 6.07) is 19.6. The fourth-order valence-electron chi connectivity index (χ4n) is 4.85. The van der Waals surface area contributed by atoms with Gasteiger partial charge in [0.15, 0.2) is 5.82 Å². The molecule has 0 unspecified atom stereocenters. The molecule has 1 saturated heterocycles. The first-order valence-electron chi connectivity index (χ1n) is 15.5. The van der Waals surface area contributed by atoms with Crippen LogP contribution in [0.4, 0.5) is 10.6 Å². The first-order valence-corrected chi connectivity index (χ1v) is 15.5. The summed E-state index contributed by atoms with van der Waals surface area (Å²) in [5.41, 5.74) is 1.12. The average molecular weight is 631 g/mol. The number of ether oxygens (including phenoxy) is 2. The molecule has 0 bridgehead atoms. The SMILES string of the molecule is CCOC(=O)N1CCN(C(=O)[C@H](CCC(=O)OC(C)(C)C)NC(=O)c2cc(NCc3ccccc3)nc(-c3ccccc3)n2)CC1. The van der Waals surface area contributed by atoms with Gasteiger partial charge in [0.05, 0.1) is 6.61 Å². The third-order valence-corrected chi connectivity index (χ3v) is 7.09. The number of nitrogens with zero attached hydrogens (tertiary/aromatic N) is 4. The number of aromatic nitrogens is 2. The van der Waals surface area contributed by atoms with Crippen molar-refractivity contribution in [1.82, 2.24) is 25.1 Å². The number of anilines is 1. The van der Waals surface area contributed by atoms with Crippen molar-refractivity contribution in [3.8, 4) is 11.4 Å². The molecule has 1 atom stereocenters. The second-order valence-corrected chi connectivity index (χ2v) is 11.8. The van der Waals surface area contributed by atoms with E-state index < -0.39 is 29.6 Å². The van der Waals surface area contributed by atoms with E-state index in [0.29, 0.717) is 31.3 Å². The largest absolute Gasteiger partial charge is 0.460 e. The van der Waals surface area contributed by atoms with E-state index in [0.717, 1.165) is 11.1 Å². The molecular formula is C34H42N6O6. The maximum atomic E-state index is 13.8. The Morgan fingerprint density at radius 3 is 2.15 bits per heavy atom. The molecule has 0 spiro atoms. The summed E-state index contributed by atoms with van der Waals surface area (Å²) in [7, 11) is 0. The van der Waals surface area contributed by atoms with Crippen LogP contribution in [0, 0.1) is 0 Å². The highest BCUT2D eigenvalue weighted by Crippen LogP contribution is 2.19. The molecule has 1 aromatic heterocycles. The lowest BCUT2D eigenvalue weighted by atomic mass is 10.1. The van der Waals surface area contributed by atoms with Crippen molar-refractivity contribution in [1.29, 1.82) is 0 Å². The highest BCUT2D eigenvalue weighted by Gasteiger charge is 2.32. The second-order valence-electron chi connectivity index (χ2n) is 11.8. The summed E-state index contributed by atoms with van der Waals surface area (Å²) >= 11 is 0. The topological polar surface area (TPSA) is 143 Å². The van der Waals surface area contributed by atoms with E-state index in [4.69, 9.17) is 9.47 Å². The van der Waals surface area contributed by atoms with Gasteiger partial charge in [-0.25, -0.2) is 14.8 Å². The molecule has 12 nitrogen and oxygen atoms in total. The number of piperazine rings is 1. The summed E-state index contributed by atoms with van der Waals surface area (Å²) < 4.78 is 10.5. The molecule has 2 heterocycles. The van der Waals surface area contributed by atoms with Gasteiger partial charge in [0.1, 0.15) is 23.2 Å². The number of rotatable bonds is 11. The van der Waals surface area contributed by atoms with Crippen LogP contribution in [-0.2, 0) is 25.6 Å². The fraction of sp³-hybridized carbons (Fsp3) is 0.412. The van der Waals surface area contributed by atoms with Gasteiger partial charge in [-0.3, -0.25) is 14.4 Å². The minimum Gasteiger partial charge on any atom is -0.460 e. The summed E-state index contributed by atoms with van der Waals surface area (Å²) in [5.74, 6) is -0.646. The van der Waals surface area contributed by atoms with Crippen LogP contribution in [0.5, 0.6) is 0 Å². The predicted molar refractivity (Wildman–Crippen MR) is 173 cm³/mol. The Morgan fingerprint density at radius 2 is 1.52 bits per heavy atom. The van der Waals surface area contributed by atoms with Crippen molar-refractivity contribution < 1.29 is 28.7 Å². The summed E-state index contributed by atoms with van der Waals surface area (Å²) in [6.07, 6.45) is -0.494. The van der Waals surface area contributed by atoms with Gasteiger partial charge in [0.25, 0.3) is 5.91 Å². The lowest BCUT2D eigenvalue weighted by molar-refractivity contribution is -0.155. The molecule has 1 fully saturated rings. The Labute approximate surface area is 269 Å². The van der Waals surface area contributed by atoms with E-state index in [1.165, 1.54) is 11.0 Å². The number of carbonyl (C=O) groups excluding carboxylic acids is 4. The summed E-state index contributed by atoms with van der Waals surface area (Å²) in [5, 5.41) is 6.09. The fourth-order valence-corrected chi connectivity index (χ4v) is 4.85. The third-order valence-electron chi connectivity index (χ3n) is 7.09. The van der Waals surface area contributed by atoms with Crippen LogP contribution in [0.2, 0.25) is 0 Å². The maximum Gasteiger partial charge on any atom is 0.409 e. The predicted octanol–water partition coefficient (Wildman–Crippen LogP) is 4.28. The third kappa shape index (κ3) is 10.0. The van der Waals surface area contributed by atoms with Crippen molar-refractivity contribution in [3.63, 3.8) is 0 Å². The zero-order valence-electron chi connectivity index (χ0n) is 26.8. The smallest absolute Gasteiger partial charge is 0.409 e. The van der Waals surface area contributed by atoms with Crippen LogP contribution in [0.15, 0.2) is 66.7 Å². The minimum atomic E-state index is -1.04. The molecule has 3 aromatic rings. The minimum absolute atomic E-state index is 0.0211. The van der Waals surface area contributed by atoms with E-state index in [2.05, 4.69) is 20.6 Å². The van der Waals surface area contributed by atoms with Crippen molar-refractivity contribution in [2.45, 2.75) is 58.7 Å². The zero-order chi connectivity index (χ0) is 33.1. The van der Waals surface area contributed by atoms with Gasteiger partial charge < -0.3 is 29.9 Å². The quantitative estimate of drug-likeness (QED) is 0.297. The first-order chi connectivity index (χ1) is 22.0. The molecule has 0 radical (unpaired) electrons. The molecule has 4 rings (SSSR count). The van der Waals surface area contributed by atoms with Crippen molar-refractivity contribution in [2.24, 2.45) is 0 Å². The molecule has 1 aliphatic heterocycles. The van der Waals surface area contributed by atoms with Crippen molar-refractivity contribution in [2.75, 3.05) is 38.1 Å². The highest BCUT2D eigenvalue weighted by molar-refractivity contribution is 5.97. The van der Waals surface area contributed by atoms with E-state index in [1.54, 1.807) is 32.6 Å². The van der Waals surface area contributed by atoms with Gasteiger partial charge in [0, 0.05) is 50.8 Å². The average Bonchev–Trinajstić information content (AvgIpc) is 3.05. The zero-order valence-corrected chi connectivity index (χ0v) is 26.8. The maximum absolute atomic E-state index is 13.8. The second kappa shape index (κ2) is 15.8. The molecule has 1 aliphatic rings. The van der Waals surface area contributed by atoms with Gasteiger partial charge in [-0.2, -0.15) is 0 Å².